The number of imidazole rings is 1. The maximum absolute atomic E-state index is 11.6. The first-order chi connectivity index (χ1) is 7.43. The van der Waals surface area contributed by atoms with Crippen LogP contribution in [0.5, 0.6) is 0 Å². The van der Waals surface area contributed by atoms with Crippen molar-refractivity contribution in [3.05, 3.63) is 33.2 Å². The molecule has 3 nitrogen and oxygen atoms in total. The number of rotatable bonds is 1. The van der Waals surface area contributed by atoms with Crippen LogP contribution < -0.4 is 5.69 Å². The van der Waals surface area contributed by atoms with E-state index in [1.807, 2.05) is 7.05 Å². The van der Waals surface area contributed by atoms with Crippen molar-refractivity contribution in [2.75, 3.05) is 0 Å². The molecule has 0 radical (unpaired) electrons. The monoisotopic (exact) mass is 218 g/mol. The number of nitrogens with zero attached hydrogens (tertiary/aromatic N) is 1. The van der Waals surface area contributed by atoms with Gasteiger partial charge >= 0.3 is 5.69 Å². The molecule has 3 heteroatoms. The van der Waals surface area contributed by atoms with Gasteiger partial charge in [0.15, 0.2) is 0 Å². The van der Waals surface area contributed by atoms with Crippen LogP contribution in [0.25, 0.3) is 11.0 Å². The van der Waals surface area contributed by atoms with Gasteiger partial charge in [0.1, 0.15) is 0 Å². The van der Waals surface area contributed by atoms with Crippen LogP contribution in [0.1, 0.15) is 36.5 Å². The topological polar surface area (TPSA) is 37.8 Å². The van der Waals surface area contributed by atoms with E-state index >= 15 is 0 Å². The van der Waals surface area contributed by atoms with Crippen LogP contribution in [0.4, 0.5) is 0 Å². The average molecular weight is 218 g/mol. The molecular formula is C13H18N2O. The van der Waals surface area contributed by atoms with Gasteiger partial charge in [-0.05, 0) is 42.5 Å². The van der Waals surface area contributed by atoms with Crippen LogP contribution in [-0.2, 0) is 7.05 Å². The maximum atomic E-state index is 11.6. The Morgan fingerprint density at radius 2 is 1.94 bits per heavy atom. The van der Waals surface area contributed by atoms with Gasteiger partial charge in [-0.15, -0.1) is 0 Å². The Balaban J connectivity index is 3.02. The molecule has 0 aliphatic carbocycles. The lowest BCUT2D eigenvalue weighted by Gasteiger charge is -2.14. The summed E-state index contributed by atoms with van der Waals surface area (Å²) in [5.41, 5.74) is 5.75. The molecule has 0 aliphatic rings. The normalized spacial score (nSPS) is 11.6. The van der Waals surface area contributed by atoms with Crippen molar-refractivity contribution in [2.45, 2.75) is 33.6 Å². The summed E-state index contributed by atoms with van der Waals surface area (Å²) in [4.78, 5) is 14.5. The van der Waals surface area contributed by atoms with Crippen molar-refractivity contribution in [3.8, 4) is 0 Å². The Kier molecular flexibility index (Phi) is 2.41. The molecule has 0 aliphatic heterocycles. The zero-order valence-corrected chi connectivity index (χ0v) is 10.5. The Morgan fingerprint density at radius 1 is 1.31 bits per heavy atom. The van der Waals surface area contributed by atoms with E-state index in [1.165, 1.54) is 16.7 Å². The lowest BCUT2D eigenvalue weighted by molar-refractivity contribution is 0.833. The molecular weight excluding hydrogens is 200 g/mol. The number of hydrogen-bond donors (Lipinski definition) is 1. The van der Waals surface area contributed by atoms with Gasteiger partial charge in [-0.3, -0.25) is 4.57 Å². The van der Waals surface area contributed by atoms with Gasteiger partial charge in [0.05, 0.1) is 11.0 Å². The van der Waals surface area contributed by atoms with Gasteiger partial charge in [0.25, 0.3) is 0 Å². The number of aryl methyl sites for hydroxylation is 2. The molecule has 0 spiro atoms. The predicted octanol–water partition coefficient (Wildman–Crippen LogP) is 2.61. The molecule has 0 fully saturated rings. The fourth-order valence-corrected chi connectivity index (χ4v) is 2.39. The Morgan fingerprint density at radius 3 is 2.50 bits per heavy atom. The van der Waals surface area contributed by atoms with Crippen molar-refractivity contribution < 1.29 is 0 Å². The van der Waals surface area contributed by atoms with Gasteiger partial charge in [0, 0.05) is 7.05 Å². The van der Waals surface area contributed by atoms with Gasteiger partial charge in [-0.25, -0.2) is 4.79 Å². The molecule has 0 unspecified atom stereocenters. The number of nitrogens with one attached hydrogen (secondary N) is 1. The third kappa shape index (κ3) is 1.39. The van der Waals surface area contributed by atoms with Gasteiger partial charge < -0.3 is 4.98 Å². The summed E-state index contributed by atoms with van der Waals surface area (Å²) in [6.07, 6.45) is 0. The van der Waals surface area contributed by atoms with Gasteiger partial charge in [-0.2, -0.15) is 0 Å². The van der Waals surface area contributed by atoms with Gasteiger partial charge in [0.2, 0.25) is 0 Å². The number of hydrogen-bond acceptors (Lipinski definition) is 1. The van der Waals surface area contributed by atoms with E-state index in [9.17, 15) is 4.79 Å². The van der Waals surface area contributed by atoms with Crippen molar-refractivity contribution in [3.63, 3.8) is 0 Å². The number of aromatic amines is 1. The molecule has 0 bridgehead atoms. The fourth-order valence-electron chi connectivity index (χ4n) is 2.39. The molecule has 2 rings (SSSR count). The lowest BCUT2D eigenvalue weighted by Crippen LogP contribution is -2.13. The maximum Gasteiger partial charge on any atom is 0.326 e. The molecule has 0 amide bonds. The second kappa shape index (κ2) is 3.51. The standard InChI is InChI=1S/C13H18N2O/c1-7(2)11-9(4)8(3)6-10-12(11)15(5)13(16)14-10/h6-7H,1-5H3,(H,14,16). The smallest absolute Gasteiger partial charge is 0.306 e. The number of benzene rings is 1. The SMILES string of the molecule is Cc1cc2[nH]c(=O)n(C)c2c(C(C)C)c1C. The zero-order chi connectivity index (χ0) is 12.0. The third-order valence-electron chi connectivity index (χ3n) is 3.33. The molecule has 86 valence electrons. The molecule has 1 aromatic carbocycles. The summed E-state index contributed by atoms with van der Waals surface area (Å²) in [5.74, 6) is 0.420. The van der Waals surface area contributed by atoms with Crippen LogP contribution in [0, 0.1) is 13.8 Å². The molecule has 1 heterocycles. The highest BCUT2D eigenvalue weighted by Crippen LogP contribution is 2.29. The first kappa shape index (κ1) is 11.0. The summed E-state index contributed by atoms with van der Waals surface area (Å²) in [7, 11) is 1.82. The minimum atomic E-state index is -0.0399. The van der Waals surface area contributed by atoms with Gasteiger partial charge in [-0.1, -0.05) is 13.8 Å². The third-order valence-corrected chi connectivity index (χ3v) is 3.33. The first-order valence-electron chi connectivity index (χ1n) is 5.62. The fraction of sp³-hybridized carbons (Fsp3) is 0.462. The van der Waals surface area contributed by atoms with Crippen LogP contribution in [-0.4, -0.2) is 9.55 Å². The molecule has 0 atom stereocenters. The number of H-pyrrole nitrogens is 1. The molecule has 16 heavy (non-hydrogen) atoms. The summed E-state index contributed by atoms with van der Waals surface area (Å²) in [6.45, 7) is 8.55. The lowest BCUT2D eigenvalue weighted by atomic mass is 9.93. The predicted molar refractivity (Wildman–Crippen MR) is 67.1 cm³/mol. The highest BCUT2D eigenvalue weighted by atomic mass is 16.1. The molecule has 1 aromatic heterocycles. The van der Waals surface area contributed by atoms with Crippen molar-refractivity contribution in [1.82, 2.24) is 9.55 Å². The molecule has 1 N–H and O–H groups in total. The first-order valence-corrected chi connectivity index (χ1v) is 5.62. The quantitative estimate of drug-likeness (QED) is 0.785. The summed E-state index contributed by atoms with van der Waals surface area (Å²) < 4.78 is 1.71. The van der Waals surface area contributed by atoms with Crippen LogP contribution in [0.3, 0.4) is 0 Å². The highest BCUT2D eigenvalue weighted by Gasteiger charge is 2.15. The van der Waals surface area contributed by atoms with E-state index in [1.54, 1.807) is 4.57 Å². The van der Waals surface area contributed by atoms with E-state index in [-0.39, 0.29) is 5.69 Å². The van der Waals surface area contributed by atoms with Crippen LogP contribution in [0.15, 0.2) is 10.9 Å². The van der Waals surface area contributed by atoms with E-state index < -0.39 is 0 Å². The number of aromatic nitrogens is 2. The zero-order valence-electron chi connectivity index (χ0n) is 10.5. The minimum Gasteiger partial charge on any atom is -0.306 e. The summed E-state index contributed by atoms with van der Waals surface area (Å²) in [5, 5.41) is 0. The number of fused-ring (bicyclic) bond motifs is 1. The van der Waals surface area contributed by atoms with E-state index in [0.29, 0.717) is 5.92 Å². The second-order valence-electron chi connectivity index (χ2n) is 4.77. The van der Waals surface area contributed by atoms with Crippen molar-refractivity contribution >= 4 is 11.0 Å². The largest absolute Gasteiger partial charge is 0.326 e. The molecule has 0 saturated heterocycles. The van der Waals surface area contributed by atoms with Crippen molar-refractivity contribution in [1.29, 1.82) is 0 Å². The molecule has 0 saturated carbocycles. The van der Waals surface area contributed by atoms with E-state index in [0.717, 1.165) is 11.0 Å². The average Bonchev–Trinajstić information content (AvgIpc) is 2.45. The second-order valence-corrected chi connectivity index (χ2v) is 4.77. The van der Waals surface area contributed by atoms with E-state index in [4.69, 9.17) is 0 Å². The summed E-state index contributed by atoms with van der Waals surface area (Å²) >= 11 is 0. The highest BCUT2D eigenvalue weighted by molar-refractivity contribution is 5.82. The Bertz CT molecular complexity index is 602. The summed E-state index contributed by atoms with van der Waals surface area (Å²) in [6, 6.07) is 2.05. The Hall–Kier alpha value is -1.51. The Labute approximate surface area is 95.1 Å². The van der Waals surface area contributed by atoms with Crippen LogP contribution in [0.2, 0.25) is 0 Å². The van der Waals surface area contributed by atoms with E-state index in [2.05, 4.69) is 38.7 Å². The molecule has 2 aromatic rings. The minimum absolute atomic E-state index is 0.0399. The van der Waals surface area contributed by atoms with Crippen LogP contribution >= 0.6 is 0 Å². The van der Waals surface area contributed by atoms with Crippen molar-refractivity contribution in [2.24, 2.45) is 7.05 Å².